The van der Waals surface area contributed by atoms with Crippen LogP contribution in [0.15, 0.2) is 17.5 Å². The van der Waals surface area contributed by atoms with Gasteiger partial charge in [-0.15, -0.1) is 11.3 Å². The van der Waals surface area contributed by atoms with Gasteiger partial charge in [0.2, 0.25) is 0 Å². The Morgan fingerprint density at radius 2 is 2.17 bits per heavy atom. The highest BCUT2D eigenvalue weighted by molar-refractivity contribution is 7.17. The predicted octanol–water partition coefficient (Wildman–Crippen LogP) is 3.45. The van der Waals surface area contributed by atoms with Crippen molar-refractivity contribution in [2.24, 2.45) is 0 Å². The van der Waals surface area contributed by atoms with Gasteiger partial charge in [-0.1, -0.05) is 11.6 Å². The Balaban J connectivity index is 2.93. The second-order valence-electron chi connectivity index (χ2n) is 2.79. The molecule has 2 aromatic rings. The smallest absolute Gasteiger partial charge is 0.0594 e. The van der Waals surface area contributed by atoms with Gasteiger partial charge in [0.1, 0.15) is 0 Å². The van der Waals surface area contributed by atoms with Crippen molar-refractivity contribution in [3.05, 3.63) is 28.1 Å². The first kappa shape index (κ1) is 7.90. The number of anilines is 1. The maximum atomic E-state index is 6.00. The lowest BCUT2D eigenvalue weighted by Gasteiger charge is -1.98. The molecule has 0 saturated carbocycles. The monoisotopic (exact) mass is 197 g/mol. The van der Waals surface area contributed by atoms with Crippen molar-refractivity contribution in [3.8, 4) is 0 Å². The van der Waals surface area contributed by atoms with Crippen LogP contribution in [0.25, 0.3) is 10.1 Å². The fourth-order valence-electron chi connectivity index (χ4n) is 1.35. The van der Waals surface area contributed by atoms with Crippen LogP contribution in [0.5, 0.6) is 0 Å². The zero-order valence-corrected chi connectivity index (χ0v) is 8.17. The number of halogens is 1. The first-order valence-electron chi connectivity index (χ1n) is 3.61. The minimum atomic E-state index is 0.804. The van der Waals surface area contributed by atoms with E-state index in [1.165, 1.54) is 0 Å². The third-order valence-electron chi connectivity index (χ3n) is 1.85. The highest BCUT2D eigenvalue weighted by Crippen LogP contribution is 2.33. The van der Waals surface area contributed by atoms with E-state index in [1.54, 1.807) is 11.3 Å². The molecular formula is C9H8ClNS. The van der Waals surface area contributed by atoms with Crippen molar-refractivity contribution in [2.75, 3.05) is 5.73 Å². The van der Waals surface area contributed by atoms with Crippen LogP contribution in [0, 0.1) is 6.92 Å². The number of benzene rings is 1. The zero-order chi connectivity index (χ0) is 8.72. The molecule has 12 heavy (non-hydrogen) atoms. The average Bonchev–Trinajstić information content (AvgIpc) is 2.31. The number of nitrogen functional groups attached to an aromatic ring is 1. The summed E-state index contributed by atoms with van der Waals surface area (Å²) < 4.78 is 1.16. The second-order valence-corrected chi connectivity index (χ2v) is 4.11. The van der Waals surface area contributed by atoms with E-state index < -0.39 is 0 Å². The number of nitrogens with two attached hydrogens (primary N) is 1. The third kappa shape index (κ3) is 1.08. The van der Waals surface area contributed by atoms with Crippen LogP contribution in [0.2, 0.25) is 5.02 Å². The third-order valence-corrected chi connectivity index (χ3v) is 3.21. The molecule has 1 nitrogen and oxygen atoms in total. The maximum absolute atomic E-state index is 6.00. The molecule has 0 spiro atoms. The highest BCUT2D eigenvalue weighted by atomic mass is 35.5. The van der Waals surface area contributed by atoms with E-state index in [9.17, 15) is 0 Å². The summed E-state index contributed by atoms with van der Waals surface area (Å²) >= 11 is 7.63. The van der Waals surface area contributed by atoms with Gasteiger partial charge in [-0.05, 0) is 24.6 Å². The summed E-state index contributed by atoms with van der Waals surface area (Å²) in [5.41, 5.74) is 7.65. The molecule has 0 radical (unpaired) electrons. The Morgan fingerprint density at radius 3 is 2.92 bits per heavy atom. The lowest BCUT2D eigenvalue weighted by Crippen LogP contribution is -1.84. The van der Waals surface area contributed by atoms with Crippen LogP contribution < -0.4 is 5.73 Å². The molecule has 2 N–H and O–H groups in total. The topological polar surface area (TPSA) is 26.0 Å². The summed E-state index contributed by atoms with van der Waals surface area (Å²) in [6.45, 7) is 2.03. The minimum absolute atomic E-state index is 0.804. The van der Waals surface area contributed by atoms with E-state index in [2.05, 4.69) is 0 Å². The number of fused-ring (bicyclic) bond motifs is 1. The van der Waals surface area contributed by atoms with E-state index in [4.69, 9.17) is 17.3 Å². The number of hydrogen-bond donors (Lipinski definition) is 1. The van der Waals surface area contributed by atoms with Gasteiger partial charge in [0, 0.05) is 21.2 Å². The van der Waals surface area contributed by atoms with Gasteiger partial charge >= 0.3 is 0 Å². The van der Waals surface area contributed by atoms with Crippen LogP contribution in [0.1, 0.15) is 5.56 Å². The molecule has 0 saturated heterocycles. The molecule has 1 aromatic carbocycles. The molecule has 0 aliphatic heterocycles. The van der Waals surface area contributed by atoms with Gasteiger partial charge in [-0.25, -0.2) is 0 Å². The van der Waals surface area contributed by atoms with E-state index in [-0.39, 0.29) is 0 Å². The Hall–Kier alpha value is -0.730. The van der Waals surface area contributed by atoms with Gasteiger partial charge in [-0.2, -0.15) is 0 Å². The van der Waals surface area contributed by atoms with Gasteiger partial charge in [-0.3, -0.25) is 0 Å². The largest absolute Gasteiger partial charge is 0.399 e. The van der Waals surface area contributed by atoms with Crippen LogP contribution in [0.4, 0.5) is 5.69 Å². The molecular weight excluding hydrogens is 190 g/mol. The van der Waals surface area contributed by atoms with E-state index in [0.29, 0.717) is 0 Å². The first-order chi connectivity index (χ1) is 5.68. The Kier molecular flexibility index (Phi) is 1.74. The van der Waals surface area contributed by atoms with Crippen molar-refractivity contribution >= 4 is 38.7 Å². The summed E-state index contributed by atoms with van der Waals surface area (Å²) in [4.78, 5) is 0. The molecule has 2 rings (SSSR count). The molecule has 0 atom stereocenters. The lowest BCUT2D eigenvalue weighted by atomic mass is 10.1. The summed E-state index contributed by atoms with van der Waals surface area (Å²) in [7, 11) is 0. The second kappa shape index (κ2) is 2.64. The van der Waals surface area contributed by atoms with Crippen LogP contribution in [-0.4, -0.2) is 0 Å². The lowest BCUT2D eigenvalue weighted by molar-refractivity contribution is 1.54. The minimum Gasteiger partial charge on any atom is -0.399 e. The van der Waals surface area contributed by atoms with Crippen molar-refractivity contribution in [1.29, 1.82) is 0 Å². The van der Waals surface area contributed by atoms with Crippen molar-refractivity contribution in [2.45, 2.75) is 6.92 Å². The highest BCUT2D eigenvalue weighted by Gasteiger charge is 2.04. The average molecular weight is 198 g/mol. The van der Waals surface area contributed by atoms with Crippen molar-refractivity contribution in [3.63, 3.8) is 0 Å². The van der Waals surface area contributed by atoms with E-state index >= 15 is 0 Å². The van der Waals surface area contributed by atoms with Gasteiger partial charge in [0.25, 0.3) is 0 Å². The van der Waals surface area contributed by atoms with Gasteiger partial charge in [0.15, 0.2) is 0 Å². The molecule has 0 amide bonds. The van der Waals surface area contributed by atoms with Crippen molar-refractivity contribution in [1.82, 2.24) is 0 Å². The molecule has 1 heterocycles. The maximum Gasteiger partial charge on any atom is 0.0594 e. The molecule has 0 bridgehead atoms. The SMILES string of the molecule is Cc1cc(N)cc2scc(Cl)c12. The fourth-order valence-corrected chi connectivity index (χ4v) is 2.74. The van der Waals surface area contributed by atoms with Crippen molar-refractivity contribution < 1.29 is 0 Å². The number of thiophene rings is 1. The Labute approximate surface area is 79.8 Å². The zero-order valence-electron chi connectivity index (χ0n) is 6.60. The molecule has 0 aliphatic carbocycles. The van der Waals surface area contributed by atoms with E-state index in [0.717, 1.165) is 26.4 Å². The first-order valence-corrected chi connectivity index (χ1v) is 4.87. The fraction of sp³-hybridized carbons (Fsp3) is 0.111. The standard InChI is InChI=1S/C9H8ClNS/c1-5-2-6(11)3-8-9(5)7(10)4-12-8/h2-4H,11H2,1H3. The summed E-state index contributed by atoms with van der Waals surface area (Å²) in [6.07, 6.45) is 0. The number of hydrogen-bond acceptors (Lipinski definition) is 2. The summed E-state index contributed by atoms with van der Waals surface area (Å²) in [5.74, 6) is 0. The van der Waals surface area contributed by atoms with Gasteiger partial charge in [0.05, 0.1) is 5.02 Å². The molecule has 3 heteroatoms. The van der Waals surface area contributed by atoms with Crippen LogP contribution in [0.3, 0.4) is 0 Å². The molecule has 1 aromatic heterocycles. The molecule has 0 unspecified atom stereocenters. The predicted molar refractivity (Wildman–Crippen MR) is 56.0 cm³/mol. The quantitative estimate of drug-likeness (QED) is 0.644. The van der Waals surface area contributed by atoms with E-state index in [1.807, 2.05) is 24.4 Å². The summed E-state index contributed by atoms with van der Waals surface area (Å²) in [5, 5.41) is 3.90. The van der Waals surface area contributed by atoms with Gasteiger partial charge < -0.3 is 5.73 Å². The Bertz CT molecular complexity index is 433. The number of aryl methyl sites for hydroxylation is 1. The molecule has 0 aliphatic rings. The van der Waals surface area contributed by atoms with Crippen LogP contribution >= 0.6 is 22.9 Å². The summed E-state index contributed by atoms with van der Waals surface area (Å²) in [6, 6.07) is 3.90. The Morgan fingerprint density at radius 1 is 1.42 bits per heavy atom. The number of rotatable bonds is 0. The van der Waals surface area contributed by atoms with Crippen LogP contribution in [-0.2, 0) is 0 Å². The molecule has 62 valence electrons. The molecule has 0 fully saturated rings. The normalized spacial score (nSPS) is 10.8.